The Morgan fingerprint density at radius 3 is 2.95 bits per heavy atom. The average molecular weight is 266 g/mol. The van der Waals surface area contributed by atoms with E-state index in [2.05, 4.69) is 9.97 Å². The van der Waals surface area contributed by atoms with Crippen LogP contribution in [-0.4, -0.2) is 42.4 Å². The van der Waals surface area contributed by atoms with E-state index in [0.29, 0.717) is 5.88 Å². The van der Waals surface area contributed by atoms with Crippen LogP contribution in [0.4, 0.5) is 11.8 Å². The molecule has 0 bridgehead atoms. The van der Waals surface area contributed by atoms with Crippen molar-refractivity contribution in [3.05, 3.63) is 6.07 Å². The van der Waals surface area contributed by atoms with Gasteiger partial charge in [0.1, 0.15) is 5.82 Å². The second-order valence-corrected chi connectivity index (χ2v) is 5.10. The highest BCUT2D eigenvalue weighted by atomic mass is 16.5. The molecule has 1 aliphatic rings. The Kier molecular flexibility index (Phi) is 4.42. The Balaban J connectivity index is 2.06. The van der Waals surface area contributed by atoms with Crippen LogP contribution in [0.2, 0.25) is 0 Å². The van der Waals surface area contributed by atoms with Gasteiger partial charge in [0, 0.05) is 26.3 Å². The smallest absolute Gasteiger partial charge is 0.225 e. The first-order chi connectivity index (χ1) is 9.04. The number of ether oxygens (including phenoxy) is 2. The average Bonchev–Trinajstić information content (AvgIpc) is 2.80. The van der Waals surface area contributed by atoms with Crippen molar-refractivity contribution in [1.29, 1.82) is 0 Å². The lowest BCUT2D eigenvalue weighted by Crippen LogP contribution is -2.29. The fraction of sp³-hybridized carbons (Fsp3) is 0.692. The van der Waals surface area contributed by atoms with Gasteiger partial charge in [-0.15, -0.1) is 0 Å². The van der Waals surface area contributed by atoms with Crippen LogP contribution in [0.3, 0.4) is 0 Å². The van der Waals surface area contributed by atoms with Crippen LogP contribution in [0, 0.1) is 0 Å². The quantitative estimate of drug-likeness (QED) is 0.869. The van der Waals surface area contributed by atoms with Crippen LogP contribution < -0.4 is 15.4 Å². The summed E-state index contributed by atoms with van der Waals surface area (Å²) in [6.45, 7) is 5.56. The van der Waals surface area contributed by atoms with Crippen LogP contribution in [0.1, 0.15) is 26.7 Å². The number of nitrogen functional groups attached to an aromatic ring is 1. The molecule has 19 heavy (non-hydrogen) atoms. The van der Waals surface area contributed by atoms with E-state index in [1.165, 1.54) is 0 Å². The van der Waals surface area contributed by atoms with Crippen molar-refractivity contribution >= 4 is 11.8 Å². The molecule has 2 heterocycles. The molecule has 6 nitrogen and oxygen atoms in total. The Morgan fingerprint density at radius 1 is 1.53 bits per heavy atom. The highest BCUT2D eigenvalue weighted by Crippen LogP contribution is 2.21. The van der Waals surface area contributed by atoms with E-state index in [-0.39, 0.29) is 18.2 Å². The lowest BCUT2D eigenvalue weighted by Gasteiger charge is -2.22. The number of hydrogen-bond acceptors (Lipinski definition) is 6. The van der Waals surface area contributed by atoms with Crippen molar-refractivity contribution in [1.82, 2.24) is 9.97 Å². The number of aromatic nitrogens is 2. The molecule has 2 N–H and O–H groups in total. The summed E-state index contributed by atoms with van der Waals surface area (Å²) < 4.78 is 11.2. The van der Waals surface area contributed by atoms with Crippen molar-refractivity contribution in [3.63, 3.8) is 0 Å². The Bertz CT molecular complexity index is 419. The van der Waals surface area contributed by atoms with Crippen molar-refractivity contribution in [2.24, 2.45) is 0 Å². The predicted molar refractivity (Wildman–Crippen MR) is 74.5 cm³/mol. The van der Waals surface area contributed by atoms with Gasteiger partial charge in [-0.1, -0.05) is 0 Å². The molecule has 0 aromatic carbocycles. The topological polar surface area (TPSA) is 73.5 Å². The summed E-state index contributed by atoms with van der Waals surface area (Å²) in [4.78, 5) is 10.3. The Hall–Kier alpha value is -1.56. The lowest BCUT2D eigenvalue weighted by atomic mass is 10.2. The lowest BCUT2D eigenvalue weighted by molar-refractivity contribution is 0.116. The predicted octanol–water partition coefficient (Wildman–Crippen LogP) is 1.46. The van der Waals surface area contributed by atoms with E-state index in [4.69, 9.17) is 15.2 Å². The maximum absolute atomic E-state index is 5.72. The number of nitrogens with two attached hydrogens (primary N) is 1. The van der Waals surface area contributed by atoms with Gasteiger partial charge in [-0.3, -0.25) is 0 Å². The standard InChI is InChI=1S/C13H22N4O2/c1-9(2)19-12-7-11(15-13(14)16-12)17(3)8-10-5-4-6-18-10/h7,9-10H,4-6,8H2,1-3H3,(H2,14,15,16)/t10-/m1/s1. The molecular weight excluding hydrogens is 244 g/mol. The molecule has 106 valence electrons. The molecule has 0 spiro atoms. The molecule has 1 aromatic heterocycles. The van der Waals surface area contributed by atoms with Crippen LogP contribution >= 0.6 is 0 Å². The molecule has 1 fully saturated rings. The van der Waals surface area contributed by atoms with Gasteiger partial charge in [-0.2, -0.15) is 9.97 Å². The third-order valence-corrected chi connectivity index (χ3v) is 2.96. The van der Waals surface area contributed by atoms with Gasteiger partial charge in [0.2, 0.25) is 11.8 Å². The zero-order valence-electron chi connectivity index (χ0n) is 11.8. The number of rotatable bonds is 5. The summed E-state index contributed by atoms with van der Waals surface area (Å²) in [7, 11) is 1.97. The van der Waals surface area contributed by atoms with Crippen molar-refractivity contribution < 1.29 is 9.47 Å². The molecule has 1 saturated heterocycles. The summed E-state index contributed by atoms with van der Waals surface area (Å²) in [6.07, 6.45) is 2.56. The molecule has 1 aliphatic heterocycles. The maximum Gasteiger partial charge on any atom is 0.225 e. The first-order valence-electron chi connectivity index (χ1n) is 6.68. The summed E-state index contributed by atoms with van der Waals surface area (Å²) in [5.41, 5.74) is 5.72. The third kappa shape index (κ3) is 3.96. The van der Waals surface area contributed by atoms with Crippen LogP contribution in [0.15, 0.2) is 6.07 Å². The van der Waals surface area contributed by atoms with Gasteiger partial charge < -0.3 is 20.1 Å². The molecule has 1 atom stereocenters. The second-order valence-electron chi connectivity index (χ2n) is 5.10. The van der Waals surface area contributed by atoms with E-state index in [0.717, 1.165) is 31.8 Å². The largest absolute Gasteiger partial charge is 0.475 e. The molecule has 0 aliphatic carbocycles. The molecular formula is C13H22N4O2. The van der Waals surface area contributed by atoms with Gasteiger partial charge in [-0.05, 0) is 26.7 Å². The maximum atomic E-state index is 5.72. The highest BCUT2D eigenvalue weighted by Gasteiger charge is 2.19. The van der Waals surface area contributed by atoms with Crippen LogP contribution in [0.5, 0.6) is 5.88 Å². The number of likely N-dealkylation sites (N-methyl/N-ethyl adjacent to an activating group) is 1. The summed E-state index contributed by atoms with van der Waals surface area (Å²) in [5.74, 6) is 1.50. The number of anilines is 2. The molecule has 0 amide bonds. The van der Waals surface area contributed by atoms with E-state index < -0.39 is 0 Å². The summed E-state index contributed by atoms with van der Waals surface area (Å²) in [6, 6.07) is 1.81. The van der Waals surface area contributed by atoms with E-state index in [9.17, 15) is 0 Å². The van der Waals surface area contributed by atoms with Crippen molar-refractivity contribution in [2.45, 2.75) is 38.9 Å². The minimum atomic E-state index is 0.0608. The van der Waals surface area contributed by atoms with Gasteiger partial charge in [0.25, 0.3) is 0 Å². The Morgan fingerprint density at radius 2 is 2.32 bits per heavy atom. The van der Waals surface area contributed by atoms with Gasteiger partial charge in [0.05, 0.1) is 12.2 Å². The second kappa shape index (κ2) is 6.06. The molecule has 6 heteroatoms. The number of nitrogens with zero attached hydrogens (tertiary/aromatic N) is 3. The van der Waals surface area contributed by atoms with Crippen molar-refractivity contribution in [3.8, 4) is 5.88 Å². The van der Waals surface area contributed by atoms with Crippen molar-refractivity contribution in [2.75, 3.05) is 30.8 Å². The zero-order chi connectivity index (χ0) is 13.8. The van der Waals surface area contributed by atoms with E-state index >= 15 is 0 Å². The molecule has 0 saturated carbocycles. The molecule has 1 aromatic rings. The van der Waals surface area contributed by atoms with E-state index in [1.807, 2.05) is 31.9 Å². The first-order valence-corrected chi connectivity index (χ1v) is 6.68. The number of hydrogen-bond donors (Lipinski definition) is 1. The van der Waals surface area contributed by atoms with Gasteiger partial charge in [-0.25, -0.2) is 0 Å². The third-order valence-electron chi connectivity index (χ3n) is 2.96. The minimum absolute atomic E-state index is 0.0608. The van der Waals surface area contributed by atoms with Crippen LogP contribution in [0.25, 0.3) is 0 Å². The van der Waals surface area contributed by atoms with Crippen LogP contribution in [-0.2, 0) is 4.74 Å². The monoisotopic (exact) mass is 266 g/mol. The zero-order valence-corrected chi connectivity index (χ0v) is 11.8. The van der Waals surface area contributed by atoms with Gasteiger partial charge in [0.15, 0.2) is 0 Å². The molecule has 0 unspecified atom stereocenters. The molecule has 0 radical (unpaired) electrons. The Labute approximate surface area is 113 Å². The normalized spacial score (nSPS) is 18.8. The van der Waals surface area contributed by atoms with Gasteiger partial charge >= 0.3 is 0 Å². The minimum Gasteiger partial charge on any atom is -0.475 e. The summed E-state index contributed by atoms with van der Waals surface area (Å²) >= 11 is 0. The fourth-order valence-electron chi connectivity index (χ4n) is 2.11. The van der Waals surface area contributed by atoms with E-state index in [1.54, 1.807) is 0 Å². The SMILES string of the molecule is CC(C)Oc1cc(N(C)C[C@H]2CCCO2)nc(N)n1. The first kappa shape index (κ1) is 13.9. The highest BCUT2D eigenvalue weighted by molar-refractivity contribution is 5.44. The fourth-order valence-corrected chi connectivity index (χ4v) is 2.11. The molecule has 2 rings (SSSR count). The summed E-state index contributed by atoms with van der Waals surface area (Å²) in [5, 5.41) is 0.